The van der Waals surface area contributed by atoms with Crippen molar-refractivity contribution in [3.63, 3.8) is 0 Å². The maximum absolute atomic E-state index is 12.7. The maximum Gasteiger partial charge on any atom is 0.145 e. The van der Waals surface area contributed by atoms with Gasteiger partial charge in [0.25, 0.3) is 0 Å². The Balaban J connectivity index is 2.50. The number of hydrogen-bond acceptors (Lipinski definition) is 1. The summed E-state index contributed by atoms with van der Waals surface area (Å²) in [6.07, 6.45) is 0. The molecule has 2 aromatic rings. The van der Waals surface area contributed by atoms with E-state index in [9.17, 15) is 4.79 Å². The number of Topliss-reactive ketones (excluding diaryl/α,β-unsaturated/α-hetero) is 1. The van der Waals surface area contributed by atoms with Crippen molar-refractivity contribution >= 4 is 5.78 Å². The summed E-state index contributed by atoms with van der Waals surface area (Å²) in [5.41, 5.74) is 4.01. The Bertz CT molecular complexity index is 643. The Morgan fingerprint density at radius 3 is 1.60 bits per heavy atom. The van der Waals surface area contributed by atoms with E-state index in [4.69, 9.17) is 0 Å². The molecular formula is C19H20O. The third kappa shape index (κ3) is 1.41. The highest BCUT2D eigenvalue weighted by Gasteiger charge is 2.54. The zero-order chi connectivity index (χ0) is 14.5. The first-order valence-electron chi connectivity index (χ1n) is 7.11. The van der Waals surface area contributed by atoms with Crippen molar-refractivity contribution in [2.75, 3.05) is 0 Å². The molecule has 102 valence electrons. The summed E-state index contributed by atoms with van der Waals surface area (Å²) in [7, 11) is 0. The van der Waals surface area contributed by atoms with Crippen LogP contribution in [0.2, 0.25) is 0 Å². The molecule has 1 aliphatic rings. The van der Waals surface area contributed by atoms with E-state index in [0.717, 1.165) is 11.1 Å². The van der Waals surface area contributed by atoms with Crippen molar-refractivity contribution in [2.24, 2.45) is 5.41 Å². The first kappa shape index (κ1) is 13.1. The summed E-state index contributed by atoms with van der Waals surface area (Å²) in [5, 5.41) is 0. The molecule has 0 fully saturated rings. The summed E-state index contributed by atoms with van der Waals surface area (Å²) < 4.78 is 0. The molecule has 0 amide bonds. The largest absolute Gasteiger partial charge is 0.299 e. The molecule has 1 aliphatic carbocycles. The predicted octanol–water partition coefficient (Wildman–Crippen LogP) is 4.59. The normalized spacial score (nSPS) is 15.6. The highest BCUT2D eigenvalue weighted by molar-refractivity contribution is 6.01. The monoisotopic (exact) mass is 264 g/mol. The van der Waals surface area contributed by atoms with Gasteiger partial charge in [-0.15, -0.1) is 0 Å². The van der Waals surface area contributed by atoms with E-state index < -0.39 is 5.41 Å². The second-order valence-corrected chi connectivity index (χ2v) is 6.65. The van der Waals surface area contributed by atoms with Crippen molar-refractivity contribution < 1.29 is 4.79 Å². The lowest BCUT2D eigenvalue weighted by Gasteiger charge is -2.41. The molecule has 0 unspecified atom stereocenters. The second-order valence-electron chi connectivity index (χ2n) is 6.65. The van der Waals surface area contributed by atoms with Crippen molar-refractivity contribution in [3.05, 3.63) is 59.7 Å². The Morgan fingerprint density at radius 2 is 1.25 bits per heavy atom. The average Bonchev–Trinajstić information content (AvgIpc) is 2.69. The van der Waals surface area contributed by atoms with E-state index in [2.05, 4.69) is 57.2 Å². The quantitative estimate of drug-likeness (QED) is 0.736. The fourth-order valence-corrected chi connectivity index (χ4v) is 3.95. The van der Waals surface area contributed by atoms with Crippen LogP contribution < -0.4 is 0 Å². The number of carbonyl (C=O) groups is 1. The number of carbonyl (C=O) groups excluding carboxylic acids is 1. The highest BCUT2D eigenvalue weighted by Crippen LogP contribution is 2.57. The van der Waals surface area contributed by atoms with Gasteiger partial charge in [-0.3, -0.25) is 4.79 Å². The van der Waals surface area contributed by atoms with Crippen molar-refractivity contribution in [1.29, 1.82) is 0 Å². The van der Waals surface area contributed by atoms with Gasteiger partial charge >= 0.3 is 0 Å². The third-order valence-electron chi connectivity index (χ3n) is 4.61. The average molecular weight is 264 g/mol. The lowest BCUT2D eigenvalue weighted by atomic mass is 9.59. The Morgan fingerprint density at radius 1 is 0.850 bits per heavy atom. The molecule has 0 heterocycles. The van der Waals surface area contributed by atoms with Gasteiger partial charge in [-0.05, 0) is 34.6 Å². The lowest BCUT2D eigenvalue weighted by molar-refractivity contribution is -0.124. The van der Waals surface area contributed by atoms with E-state index in [1.165, 1.54) is 11.1 Å². The zero-order valence-corrected chi connectivity index (χ0v) is 12.5. The molecule has 0 aliphatic heterocycles. The second kappa shape index (κ2) is 4.05. The van der Waals surface area contributed by atoms with E-state index >= 15 is 0 Å². The number of benzene rings is 2. The molecule has 0 bridgehead atoms. The van der Waals surface area contributed by atoms with Gasteiger partial charge in [-0.1, -0.05) is 69.3 Å². The van der Waals surface area contributed by atoms with Crippen LogP contribution >= 0.6 is 0 Å². The van der Waals surface area contributed by atoms with Crippen LogP contribution in [0.4, 0.5) is 0 Å². The number of fused-ring (bicyclic) bond motifs is 3. The number of rotatable bonds is 1. The Labute approximate surface area is 120 Å². The molecule has 1 heteroatoms. The molecule has 0 saturated heterocycles. The third-order valence-corrected chi connectivity index (χ3v) is 4.61. The minimum Gasteiger partial charge on any atom is -0.299 e. The van der Waals surface area contributed by atoms with Crippen molar-refractivity contribution in [1.82, 2.24) is 0 Å². The topological polar surface area (TPSA) is 17.1 Å². The van der Waals surface area contributed by atoms with Gasteiger partial charge in [0, 0.05) is 0 Å². The van der Waals surface area contributed by atoms with Gasteiger partial charge in [0.2, 0.25) is 0 Å². The van der Waals surface area contributed by atoms with Crippen LogP contribution in [-0.4, -0.2) is 5.78 Å². The molecular weight excluding hydrogens is 244 g/mol. The van der Waals surface area contributed by atoms with Crippen LogP contribution in [-0.2, 0) is 10.2 Å². The first-order valence-corrected chi connectivity index (χ1v) is 7.11. The van der Waals surface area contributed by atoms with Crippen molar-refractivity contribution in [2.45, 2.75) is 33.1 Å². The van der Waals surface area contributed by atoms with E-state index in [1.807, 2.05) is 12.1 Å². The molecule has 0 N–H and O–H groups in total. The van der Waals surface area contributed by atoms with Gasteiger partial charge < -0.3 is 0 Å². The molecule has 0 radical (unpaired) electrons. The molecule has 0 spiro atoms. The fourth-order valence-electron chi connectivity index (χ4n) is 3.95. The van der Waals surface area contributed by atoms with E-state index in [0.29, 0.717) is 0 Å². The highest BCUT2D eigenvalue weighted by atomic mass is 16.1. The standard InChI is InChI=1S/C19H20O/c1-13(20)19(18(2,3)4)16-11-7-5-9-14(16)15-10-6-8-12-17(15)19/h5-12H,1-4H3. The Hall–Kier alpha value is -1.89. The lowest BCUT2D eigenvalue weighted by Crippen LogP contribution is -2.45. The predicted molar refractivity (Wildman–Crippen MR) is 82.8 cm³/mol. The summed E-state index contributed by atoms with van der Waals surface area (Å²) in [6.45, 7) is 8.21. The minimum absolute atomic E-state index is 0.165. The SMILES string of the molecule is CC(=O)C1(C(C)(C)C)c2ccccc2-c2ccccc21. The summed E-state index contributed by atoms with van der Waals surface area (Å²) in [4.78, 5) is 12.7. The summed E-state index contributed by atoms with van der Waals surface area (Å²) >= 11 is 0. The van der Waals surface area contributed by atoms with Crippen molar-refractivity contribution in [3.8, 4) is 11.1 Å². The van der Waals surface area contributed by atoms with Crippen LogP contribution in [0.5, 0.6) is 0 Å². The number of hydrogen-bond donors (Lipinski definition) is 0. The Kier molecular flexibility index (Phi) is 2.66. The van der Waals surface area contributed by atoms with Crippen LogP contribution in [0, 0.1) is 5.41 Å². The van der Waals surface area contributed by atoms with Gasteiger partial charge in [-0.25, -0.2) is 0 Å². The number of ketones is 1. The molecule has 3 rings (SSSR count). The molecule has 1 nitrogen and oxygen atoms in total. The van der Waals surface area contributed by atoms with Gasteiger partial charge in [-0.2, -0.15) is 0 Å². The van der Waals surface area contributed by atoms with Crippen LogP contribution in [0.25, 0.3) is 11.1 Å². The zero-order valence-electron chi connectivity index (χ0n) is 12.5. The molecule has 2 aromatic carbocycles. The summed E-state index contributed by atoms with van der Waals surface area (Å²) in [5.74, 6) is 0.224. The molecule has 0 saturated carbocycles. The van der Waals surface area contributed by atoms with Gasteiger partial charge in [0.15, 0.2) is 0 Å². The van der Waals surface area contributed by atoms with Crippen LogP contribution in [0.3, 0.4) is 0 Å². The first-order chi connectivity index (χ1) is 9.40. The van der Waals surface area contributed by atoms with E-state index in [1.54, 1.807) is 6.92 Å². The molecule has 0 atom stereocenters. The summed E-state index contributed by atoms with van der Waals surface area (Å²) in [6, 6.07) is 16.7. The maximum atomic E-state index is 12.7. The molecule has 20 heavy (non-hydrogen) atoms. The molecule has 0 aromatic heterocycles. The smallest absolute Gasteiger partial charge is 0.145 e. The van der Waals surface area contributed by atoms with E-state index in [-0.39, 0.29) is 11.2 Å². The van der Waals surface area contributed by atoms with Crippen LogP contribution in [0.1, 0.15) is 38.8 Å². The van der Waals surface area contributed by atoms with Crippen LogP contribution in [0.15, 0.2) is 48.5 Å². The van der Waals surface area contributed by atoms with Gasteiger partial charge in [0.05, 0.1) is 5.41 Å². The minimum atomic E-state index is -0.541. The fraction of sp³-hybridized carbons (Fsp3) is 0.316. The van der Waals surface area contributed by atoms with Gasteiger partial charge in [0.1, 0.15) is 5.78 Å².